The maximum atomic E-state index is 4.77. The normalized spacial score (nSPS) is 11.4. The van der Waals surface area contributed by atoms with Crippen molar-refractivity contribution >= 4 is 44.1 Å². The Balaban J connectivity index is 1.76. The van der Waals surface area contributed by atoms with Gasteiger partial charge in [-0.15, -0.1) is 24.0 Å². The van der Waals surface area contributed by atoms with Crippen LogP contribution in [0.15, 0.2) is 83.8 Å². The summed E-state index contributed by atoms with van der Waals surface area (Å²) in [5.41, 5.74) is 7.53. The van der Waals surface area contributed by atoms with Gasteiger partial charge < -0.3 is 0 Å². The Kier molecular flexibility index (Phi) is 4.26. The number of aryl methyl sites for hydroxylation is 2. The van der Waals surface area contributed by atoms with Gasteiger partial charge in [0.05, 0.1) is 0 Å². The minimum Gasteiger partial charge on any atom is -0.143 e. The molecule has 28 heavy (non-hydrogen) atoms. The van der Waals surface area contributed by atoms with E-state index >= 15 is 0 Å². The van der Waals surface area contributed by atoms with Gasteiger partial charge in [0.25, 0.3) is 0 Å². The van der Waals surface area contributed by atoms with Crippen molar-refractivity contribution in [2.75, 3.05) is 0 Å². The van der Waals surface area contributed by atoms with Crippen LogP contribution < -0.4 is 0 Å². The third-order valence-corrected chi connectivity index (χ3v) is 7.00. The van der Waals surface area contributed by atoms with E-state index in [0.29, 0.717) is 0 Å². The first-order valence-corrected chi connectivity index (χ1v) is 10.7. The minimum absolute atomic E-state index is 1.01. The quantitative estimate of drug-likeness (QED) is 0.285. The van der Waals surface area contributed by atoms with Crippen molar-refractivity contribution in [3.8, 4) is 22.3 Å². The second kappa shape index (κ2) is 6.80. The Morgan fingerprint density at radius 1 is 0.679 bits per heavy atom. The molecule has 4 aromatic carbocycles. The van der Waals surface area contributed by atoms with Crippen LogP contribution in [0.4, 0.5) is 0 Å². The number of hydrogen-bond acceptors (Lipinski definition) is 2. The summed E-state index contributed by atoms with van der Waals surface area (Å²) in [6.45, 7) is 4.31. The molecule has 0 aliphatic carbocycles. The summed E-state index contributed by atoms with van der Waals surface area (Å²) in [7, 11) is 0. The van der Waals surface area contributed by atoms with E-state index in [4.69, 9.17) is 12.6 Å². The van der Waals surface area contributed by atoms with E-state index in [2.05, 4.69) is 92.7 Å². The largest absolute Gasteiger partial charge is 0.143 e. The molecular weight excluding hydrogens is 376 g/mol. The molecule has 0 amide bonds. The zero-order valence-corrected chi connectivity index (χ0v) is 17.6. The molecule has 0 radical (unpaired) electrons. The highest BCUT2D eigenvalue weighted by Gasteiger charge is 2.13. The molecule has 5 aromatic rings. The number of thiophene rings is 1. The highest BCUT2D eigenvalue weighted by Crippen LogP contribution is 2.41. The fraction of sp³-hybridized carbons (Fsp3) is 0.0769. The van der Waals surface area contributed by atoms with Crippen molar-refractivity contribution in [2.24, 2.45) is 0 Å². The van der Waals surface area contributed by atoms with Crippen LogP contribution >= 0.6 is 24.0 Å². The average Bonchev–Trinajstić information content (AvgIpc) is 3.09. The van der Waals surface area contributed by atoms with Crippen LogP contribution in [0.1, 0.15) is 11.1 Å². The summed E-state index contributed by atoms with van der Waals surface area (Å²) >= 11 is 6.64. The van der Waals surface area contributed by atoms with E-state index in [-0.39, 0.29) is 0 Å². The third-order valence-electron chi connectivity index (χ3n) is 5.40. The summed E-state index contributed by atoms with van der Waals surface area (Å²) in [5.74, 6) is 0. The molecule has 0 N–H and O–H groups in total. The van der Waals surface area contributed by atoms with E-state index in [0.717, 1.165) is 4.90 Å². The molecule has 0 saturated heterocycles. The molecule has 0 nitrogen and oxygen atoms in total. The van der Waals surface area contributed by atoms with Crippen molar-refractivity contribution in [3.05, 3.63) is 90.0 Å². The molecule has 2 heteroatoms. The Bertz CT molecular complexity index is 1340. The number of benzene rings is 4. The van der Waals surface area contributed by atoms with E-state index in [1.165, 1.54) is 53.6 Å². The van der Waals surface area contributed by atoms with Crippen LogP contribution in [0.2, 0.25) is 0 Å². The Morgan fingerprint density at radius 2 is 1.50 bits per heavy atom. The van der Waals surface area contributed by atoms with Crippen LogP contribution in [0.3, 0.4) is 0 Å². The lowest BCUT2D eigenvalue weighted by atomic mass is 9.94. The Morgan fingerprint density at radius 3 is 2.39 bits per heavy atom. The highest BCUT2D eigenvalue weighted by molar-refractivity contribution is 7.80. The zero-order chi connectivity index (χ0) is 19.3. The van der Waals surface area contributed by atoms with Crippen molar-refractivity contribution < 1.29 is 0 Å². The van der Waals surface area contributed by atoms with Crippen molar-refractivity contribution in [3.63, 3.8) is 0 Å². The smallest absolute Gasteiger partial charge is 0.0433 e. The lowest BCUT2D eigenvalue weighted by Gasteiger charge is -2.13. The molecule has 136 valence electrons. The van der Waals surface area contributed by atoms with Crippen LogP contribution in [-0.4, -0.2) is 0 Å². The van der Waals surface area contributed by atoms with Crippen molar-refractivity contribution in [1.29, 1.82) is 0 Å². The molecule has 5 rings (SSSR count). The van der Waals surface area contributed by atoms with Gasteiger partial charge in [0.2, 0.25) is 0 Å². The topological polar surface area (TPSA) is 0 Å². The lowest BCUT2D eigenvalue weighted by Crippen LogP contribution is -1.88. The molecular formula is C26H20S2. The highest BCUT2D eigenvalue weighted by atomic mass is 32.1. The molecule has 0 fully saturated rings. The van der Waals surface area contributed by atoms with Gasteiger partial charge in [-0.3, -0.25) is 0 Å². The number of rotatable bonds is 2. The van der Waals surface area contributed by atoms with Gasteiger partial charge in [-0.25, -0.2) is 0 Å². The zero-order valence-electron chi connectivity index (χ0n) is 15.9. The van der Waals surface area contributed by atoms with Gasteiger partial charge in [-0.05, 0) is 59.9 Å². The molecule has 0 aliphatic heterocycles. The van der Waals surface area contributed by atoms with Crippen LogP contribution in [-0.2, 0) is 0 Å². The standard InChI is InChI=1S/C26H20S2/c1-16-10-11-17(2)22(14-16)23-15-18(12-13-24(23)27)19-7-5-8-21-20-6-3-4-9-25(20)28-26(19)21/h3-15,27H,1-2H3. The number of thiol groups is 1. The van der Waals surface area contributed by atoms with Gasteiger partial charge in [-0.1, -0.05) is 66.2 Å². The van der Waals surface area contributed by atoms with E-state index in [1.54, 1.807) is 0 Å². The monoisotopic (exact) mass is 396 g/mol. The van der Waals surface area contributed by atoms with Gasteiger partial charge in [0.1, 0.15) is 0 Å². The predicted octanol–water partition coefficient (Wildman–Crippen LogP) is 8.29. The number of fused-ring (bicyclic) bond motifs is 3. The van der Waals surface area contributed by atoms with Crippen LogP contribution in [0.25, 0.3) is 42.4 Å². The average molecular weight is 397 g/mol. The first-order valence-electron chi connectivity index (χ1n) is 9.43. The molecule has 1 heterocycles. The van der Waals surface area contributed by atoms with Crippen LogP contribution in [0.5, 0.6) is 0 Å². The predicted molar refractivity (Wildman–Crippen MR) is 127 cm³/mol. The maximum absolute atomic E-state index is 4.77. The number of hydrogen-bond donors (Lipinski definition) is 1. The second-order valence-electron chi connectivity index (χ2n) is 7.33. The third kappa shape index (κ3) is 2.85. The van der Waals surface area contributed by atoms with E-state index < -0.39 is 0 Å². The maximum Gasteiger partial charge on any atom is 0.0433 e. The molecule has 1 aromatic heterocycles. The molecule has 0 spiro atoms. The fourth-order valence-electron chi connectivity index (χ4n) is 3.92. The Labute approximate surface area is 174 Å². The van der Waals surface area contributed by atoms with Gasteiger partial charge in [0, 0.05) is 25.1 Å². The lowest BCUT2D eigenvalue weighted by molar-refractivity contribution is 1.36. The Hall–Kier alpha value is -2.55. The SMILES string of the molecule is Cc1ccc(C)c(-c2cc(-c3cccc4c3sc3ccccc34)ccc2S)c1. The van der Waals surface area contributed by atoms with Crippen molar-refractivity contribution in [1.82, 2.24) is 0 Å². The summed E-state index contributed by atoms with van der Waals surface area (Å²) in [4.78, 5) is 1.01. The first kappa shape index (κ1) is 17.5. The van der Waals surface area contributed by atoms with Gasteiger partial charge in [-0.2, -0.15) is 0 Å². The second-order valence-corrected chi connectivity index (χ2v) is 8.86. The molecule has 0 atom stereocenters. The molecule has 0 aliphatic rings. The first-order chi connectivity index (χ1) is 13.6. The van der Waals surface area contributed by atoms with Crippen molar-refractivity contribution in [2.45, 2.75) is 18.7 Å². The van der Waals surface area contributed by atoms with E-state index in [9.17, 15) is 0 Å². The molecule has 0 bridgehead atoms. The van der Waals surface area contributed by atoms with E-state index in [1.807, 2.05) is 11.3 Å². The summed E-state index contributed by atoms with van der Waals surface area (Å²) in [6, 6.07) is 28.5. The minimum atomic E-state index is 1.01. The summed E-state index contributed by atoms with van der Waals surface area (Å²) in [6.07, 6.45) is 0. The fourth-order valence-corrected chi connectivity index (χ4v) is 5.42. The van der Waals surface area contributed by atoms with Gasteiger partial charge >= 0.3 is 0 Å². The van der Waals surface area contributed by atoms with Gasteiger partial charge in [0.15, 0.2) is 0 Å². The molecule has 0 unspecified atom stereocenters. The summed E-state index contributed by atoms with van der Waals surface area (Å²) in [5, 5.41) is 2.67. The summed E-state index contributed by atoms with van der Waals surface area (Å²) < 4.78 is 2.69. The van der Waals surface area contributed by atoms with Crippen LogP contribution in [0, 0.1) is 13.8 Å². The molecule has 0 saturated carbocycles.